The zero-order chi connectivity index (χ0) is 16.5. The minimum Gasteiger partial charge on any atom is -0.497 e. The third-order valence-corrected chi connectivity index (χ3v) is 5.38. The molecular formula is C17H15N3O2S2. The molecule has 2 aromatic heterocycles. The van der Waals surface area contributed by atoms with Gasteiger partial charge in [0.15, 0.2) is 10.3 Å². The van der Waals surface area contributed by atoms with E-state index in [4.69, 9.17) is 9.47 Å². The van der Waals surface area contributed by atoms with E-state index in [0.29, 0.717) is 6.61 Å². The predicted octanol–water partition coefficient (Wildman–Crippen LogP) is 5.06. The molecular weight excluding hydrogens is 342 g/mol. The van der Waals surface area contributed by atoms with Gasteiger partial charge in [-0.25, -0.2) is 9.97 Å². The van der Waals surface area contributed by atoms with E-state index in [-0.39, 0.29) is 0 Å². The van der Waals surface area contributed by atoms with E-state index in [1.807, 2.05) is 43.3 Å². The third kappa shape index (κ3) is 2.76. The van der Waals surface area contributed by atoms with Crippen LogP contribution in [0.2, 0.25) is 0 Å². The fraction of sp³-hybridized carbons (Fsp3) is 0.176. The second-order valence-corrected chi connectivity index (χ2v) is 7.09. The van der Waals surface area contributed by atoms with Gasteiger partial charge in [-0.15, -0.1) is 0 Å². The van der Waals surface area contributed by atoms with Gasteiger partial charge >= 0.3 is 0 Å². The molecule has 0 spiro atoms. The summed E-state index contributed by atoms with van der Waals surface area (Å²) < 4.78 is 13.1. The first-order valence-electron chi connectivity index (χ1n) is 7.51. The van der Waals surface area contributed by atoms with Crippen LogP contribution in [0.1, 0.15) is 6.92 Å². The molecule has 1 N–H and O–H groups in total. The Morgan fingerprint density at radius 3 is 2.71 bits per heavy atom. The fourth-order valence-electron chi connectivity index (χ4n) is 2.43. The van der Waals surface area contributed by atoms with Gasteiger partial charge in [0, 0.05) is 6.07 Å². The van der Waals surface area contributed by atoms with E-state index in [1.165, 1.54) is 0 Å². The van der Waals surface area contributed by atoms with Crippen LogP contribution in [0.5, 0.6) is 11.5 Å². The van der Waals surface area contributed by atoms with Gasteiger partial charge in [0.05, 0.1) is 28.6 Å². The number of anilines is 2. The van der Waals surface area contributed by atoms with Gasteiger partial charge in [-0.3, -0.25) is 0 Å². The quantitative estimate of drug-likeness (QED) is 0.541. The zero-order valence-electron chi connectivity index (χ0n) is 13.2. The standard InChI is InChI=1S/C17H15N3O2S2/c1-3-22-12-5-4-6-14-15(12)19-17(24-14)20-16-18-11-9-10(21-2)7-8-13(11)23-16/h4-9H,3H2,1-2H3,(H,18,19,20). The highest BCUT2D eigenvalue weighted by molar-refractivity contribution is 7.24. The highest BCUT2D eigenvalue weighted by Crippen LogP contribution is 2.36. The van der Waals surface area contributed by atoms with Crippen LogP contribution in [0.4, 0.5) is 10.3 Å². The summed E-state index contributed by atoms with van der Waals surface area (Å²) in [5.74, 6) is 1.62. The molecule has 0 bridgehead atoms. The number of hydrogen-bond acceptors (Lipinski definition) is 7. The lowest BCUT2D eigenvalue weighted by Crippen LogP contribution is -1.92. The molecule has 0 unspecified atom stereocenters. The maximum atomic E-state index is 5.65. The van der Waals surface area contributed by atoms with Crippen molar-refractivity contribution in [1.82, 2.24) is 9.97 Å². The molecule has 0 aliphatic rings. The summed E-state index contributed by atoms with van der Waals surface area (Å²) in [6.07, 6.45) is 0. The molecule has 5 nitrogen and oxygen atoms in total. The minimum absolute atomic E-state index is 0.624. The summed E-state index contributed by atoms with van der Waals surface area (Å²) in [6, 6.07) is 11.9. The topological polar surface area (TPSA) is 56.3 Å². The Bertz CT molecular complexity index is 1010. The molecule has 0 aliphatic carbocycles. The number of nitrogens with one attached hydrogen (secondary N) is 1. The van der Waals surface area contributed by atoms with Crippen molar-refractivity contribution in [2.24, 2.45) is 0 Å². The van der Waals surface area contributed by atoms with Crippen molar-refractivity contribution in [3.05, 3.63) is 36.4 Å². The fourth-order valence-corrected chi connectivity index (χ4v) is 4.22. The van der Waals surface area contributed by atoms with Crippen LogP contribution in [-0.2, 0) is 0 Å². The van der Waals surface area contributed by atoms with E-state index in [1.54, 1.807) is 29.8 Å². The largest absolute Gasteiger partial charge is 0.497 e. The van der Waals surface area contributed by atoms with Crippen LogP contribution in [-0.4, -0.2) is 23.7 Å². The van der Waals surface area contributed by atoms with Gasteiger partial charge in [0.25, 0.3) is 0 Å². The van der Waals surface area contributed by atoms with Crippen molar-refractivity contribution in [2.75, 3.05) is 19.0 Å². The van der Waals surface area contributed by atoms with Gasteiger partial charge in [0.1, 0.15) is 17.0 Å². The number of para-hydroxylation sites is 1. The van der Waals surface area contributed by atoms with E-state index in [0.717, 1.165) is 42.2 Å². The number of methoxy groups -OCH3 is 1. The summed E-state index contributed by atoms with van der Waals surface area (Å²) in [7, 11) is 1.66. The molecule has 7 heteroatoms. The summed E-state index contributed by atoms with van der Waals surface area (Å²) in [5.41, 5.74) is 1.80. The third-order valence-electron chi connectivity index (χ3n) is 3.49. The Balaban J connectivity index is 1.67. The van der Waals surface area contributed by atoms with Gasteiger partial charge < -0.3 is 14.8 Å². The lowest BCUT2D eigenvalue weighted by Gasteiger charge is -2.01. The molecule has 4 aromatic rings. The molecule has 2 aromatic carbocycles. The van der Waals surface area contributed by atoms with Crippen LogP contribution in [0.25, 0.3) is 20.4 Å². The van der Waals surface area contributed by atoms with E-state index < -0.39 is 0 Å². The lowest BCUT2D eigenvalue weighted by atomic mass is 10.3. The monoisotopic (exact) mass is 357 g/mol. The molecule has 24 heavy (non-hydrogen) atoms. The summed E-state index contributed by atoms with van der Waals surface area (Å²) in [4.78, 5) is 9.26. The van der Waals surface area contributed by atoms with Crippen molar-refractivity contribution in [2.45, 2.75) is 6.92 Å². The minimum atomic E-state index is 0.624. The molecule has 0 fully saturated rings. The van der Waals surface area contributed by atoms with Gasteiger partial charge in [0.2, 0.25) is 0 Å². The van der Waals surface area contributed by atoms with Crippen LogP contribution in [0, 0.1) is 0 Å². The number of benzene rings is 2. The average Bonchev–Trinajstić information content (AvgIpc) is 3.17. The van der Waals surface area contributed by atoms with E-state index in [9.17, 15) is 0 Å². The number of fused-ring (bicyclic) bond motifs is 2. The first kappa shape index (κ1) is 15.2. The molecule has 0 saturated heterocycles. The number of thiazole rings is 2. The lowest BCUT2D eigenvalue weighted by molar-refractivity contribution is 0.344. The number of rotatable bonds is 5. The van der Waals surface area contributed by atoms with Gasteiger partial charge in [-0.05, 0) is 31.2 Å². The Hall–Kier alpha value is -2.38. The molecule has 0 amide bonds. The van der Waals surface area contributed by atoms with Crippen LogP contribution < -0.4 is 14.8 Å². The van der Waals surface area contributed by atoms with E-state index in [2.05, 4.69) is 15.3 Å². The van der Waals surface area contributed by atoms with Crippen molar-refractivity contribution < 1.29 is 9.47 Å². The number of hydrogen-bond donors (Lipinski definition) is 1. The first-order chi connectivity index (χ1) is 11.8. The Labute approximate surface area is 146 Å². The summed E-state index contributed by atoms with van der Waals surface area (Å²) in [5, 5.41) is 4.93. The molecule has 0 atom stereocenters. The van der Waals surface area contributed by atoms with Crippen molar-refractivity contribution in [3.8, 4) is 11.5 Å². The van der Waals surface area contributed by atoms with Crippen molar-refractivity contribution in [1.29, 1.82) is 0 Å². The Kier molecular flexibility index (Phi) is 3.95. The molecule has 0 radical (unpaired) electrons. The maximum Gasteiger partial charge on any atom is 0.190 e. The number of aromatic nitrogens is 2. The normalized spacial score (nSPS) is 11.1. The Morgan fingerprint density at radius 2 is 1.88 bits per heavy atom. The first-order valence-corrected chi connectivity index (χ1v) is 9.14. The van der Waals surface area contributed by atoms with Crippen LogP contribution >= 0.6 is 22.7 Å². The van der Waals surface area contributed by atoms with Crippen molar-refractivity contribution >= 4 is 53.4 Å². The molecule has 122 valence electrons. The number of ether oxygens (including phenoxy) is 2. The molecule has 4 rings (SSSR count). The highest BCUT2D eigenvalue weighted by Gasteiger charge is 2.11. The van der Waals surface area contributed by atoms with E-state index >= 15 is 0 Å². The van der Waals surface area contributed by atoms with Crippen LogP contribution in [0.3, 0.4) is 0 Å². The zero-order valence-corrected chi connectivity index (χ0v) is 14.8. The predicted molar refractivity (Wildman–Crippen MR) is 100 cm³/mol. The molecule has 0 aliphatic heterocycles. The van der Waals surface area contributed by atoms with Gasteiger partial charge in [-0.2, -0.15) is 0 Å². The highest BCUT2D eigenvalue weighted by atomic mass is 32.1. The SMILES string of the molecule is CCOc1cccc2sc(Nc3nc4cc(OC)ccc4s3)nc12. The van der Waals surface area contributed by atoms with Crippen LogP contribution in [0.15, 0.2) is 36.4 Å². The maximum absolute atomic E-state index is 5.65. The van der Waals surface area contributed by atoms with Gasteiger partial charge in [-0.1, -0.05) is 28.7 Å². The summed E-state index contributed by atoms with van der Waals surface area (Å²) in [6.45, 7) is 2.60. The van der Waals surface area contributed by atoms with Crippen molar-refractivity contribution in [3.63, 3.8) is 0 Å². The summed E-state index contributed by atoms with van der Waals surface area (Å²) >= 11 is 3.18. The molecule has 0 saturated carbocycles. The number of nitrogens with zero attached hydrogens (tertiary/aromatic N) is 2. The second-order valence-electron chi connectivity index (χ2n) is 5.03. The smallest absolute Gasteiger partial charge is 0.190 e. The second kappa shape index (κ2) is 6.26. The molecule has 2 heterocycles. The average molecular weight is 357 g/mol. The Morgan fingerprint density at radius 1 is 1.04 bits per heavy atom.